The number of H-pyrrole nitrogens is 1. The number of aromatic amines is 1. The Bertz CT molecular complexity index is 1360. The van der Waals surface area contributed by atoms with Crippen molar-refractivity contribution in [2.75, 3.05) is 18.6 Å². The molecule has 3 aromatic carbocycles. The van der Waals surface area contributed by atoms with Crippen molar-refractivity contribution in [3.05, 3.63) is 84.1 Å². The van der Waals surface area contributed by atoms with Crippen LogP contribution in [0.15, 0.2) is 72.9 Å². The topological polar surface area (TPSA) is 94.7 Å². The van der Waals surface area contributed by atoms with Gasteiger partial charge in [-0.2, -0.15) is 0 Å². The molecule has 0 spiro atoms. The van der Waals surface area contributed by atoms with Gasteiger partial charge in [-0.25, -0.2) is 5.48 Å². The minimum Gasteiger partial charge on any atom is -0.497 e. The first kappa shape index (κ1) is 26.0. The van der Waals surface area contributed by atoms with E-state index in [1.165, 1.54) is 5.39 Å². The number of rotatable bonds is 11. The van der Waals surface area contributed by atoms with Crippen molar-refractivity contribution >= 4 is 28.4 Å². The number of anilines is 1. The lowest BCUT2D eigenvalue weighted by Gasteiger charge is -2.24. The van der Waals surface area contributed by atoms with Crippen LogP contribution in [0.4, 0.5) is 5.69 Å². The molecule has 3 N–H and O–H groups in total. The van der Waals surface area contributed by atoms with Crippen LogP contribution in [0.5, 0.6) is 5.75 Å². The number of nitrogens with zero attached hydrogens (tertiary/aromatic N) is 1. The van der Waals surface area contributed by atoms with E-state index in [0.717, 1.165) is 47.2 Å². The van der Waals surface area contributed by atoms with E-state index in [4.69, 9.17) is 9.94 Å². The van der Waals surface area contributed by atoms with Gasteiger partial charge in [-0.15, -0.1) is 0 Å². The third-order valence-electron chi connectivity index (χ3n) is 6.63. The molecule has 4 aromatic rings. The van der Waals surface area contributed by atoms with Crippen LogP contribution >= 0.6 is 0 Å². The van der Waals surface area contributed by atoms with Crippen LogP contribution in [-0.4, -0.2) is 35.7 Å². The Kier molecular flexibility index (Phi) is 8.59. The molecule has 1 heterocycles. The molecule has 0 unspecified atom stereocenters. The van der Waals surface area contributed by atoms with Gasteiger partial charge in [0.1, 0.15) is 5.75 Å². The Morgan fingerprint density at radius 3 is 2.46 bits per heavy atom. The maximum atomic E-state index is 13.6. The lowest BCUT2D eigenvalue weighted by molar-refractivity contribution is -0.129. The maximum absolute atomic E-state index is 13.6. The molecular weight excluding hydrogens is 466 g/mol. The quantitative estimate of drug-likeness (QED) is 0.129. The summed E-state index contributed by atoms with van der Waals surface area (Å²) in [6.45, 7) is 2.63. The van der Waals surface area contributed by atoms with Gasteiger partial charge < -0.3 is 14.6 Å². The van der Waals surface area contributed by atoms with Gasteiger partial charge in [0.2, 0.25) is 5.91 Å². The molecule has 0 atom stereocenters. The van der Waals surface area contributed by atoms with Crippen molar-refractivity contribution in [2.24, 2.45) is 0 Å². The summed E-state index contributed by atoms with van der Waals surface area (Å²) >= 11 is 0. The molecule has 0 saturated heterocycles. The molecule has 7 heteroatoms. The summed E-state index contributed by atoms with van der Waals surface area (Å²) in [7, 11) is 1.60. The zero-order valence-electron chi connectivity index (χ0n) is 21.3. The number of unbranched alkanes of at least 4 members (excludes halogenated alkanes) is 3. The van der Waals surface area contributed by atoms with Crippen LogP contribution in [0.1, 0.15) is 48.0 Å². The molecule has 0 saturated carbocycles. The summed E-state index contributed by atoms with van der Waals surface area (Å²) in [5, 5.41) is 9.81. The average molecular weight is 500 g/mol. The first-order valence-corrected chi connectivity index (χ1v) is 12.6. The van der Waals surface area contributed by atoms with Gasteiger partial charge in [-0.3, -0.25) is 14.8 Å². The molecule has 4 rings (SSSR count). The molecule has 0 radical (unpaired) electrons. The fraction of sp³-hybridized carbons (Fsp3) is 0.267. The summed E-state index contributed by atoms with van der Waals surface area (Å²) < 4.78 is 5.24. The maximum Gasteiger partial charge on any atom is 0.258 e. The van der Waals surface area contributed by atoms with Crippen LogP contribution in [0.25, 0.3) is 22.0 Å². The lowest BCUT2D eigenvalue weighted by atomic mass is 9.98. The number of hydrogen-bond acceptors (Lipinski definition) is 4. The van der Waals surface area contributed by atoms with Crippen LogP contribution in [0, 0.1) is 6.92 Å². The van der Waals surface area contributed by atoms with Crippen LogP contribution in [0.3, 0.4) is 0 Å². The van der Waals surface area contributed by atoms with Gasteiger partial charge in [0.15, 0.2) is 0 Å². The smallest absolute Gasteiger partial charge is 0.258 e. The molecule has 0 aliphatic carbocycles. The predicted octanol–water partition coefficient (Wildman–Crippen LogP) is 6.25. The standard InChI is InChI=1S/C30H33N3O4/c1-21-19-25(12-15-27(21)24-9-8-22-16-17-31-28(22)20-24)33(18-6-4-3-5-7-29(34)32-36)30(35)23-10-13-26(37-2)14-11-23/h8-17,19-20,31,36H,3-7,18H2,1-2H3,(H,32,34). The largest absolute Gasteiger partial charge is 0.497 e. The Morgan fingerprint density at radius 2 is 1.73 bits per heavy atom. The molecule has 0 bridgehead atoms. The first-order valence-electron chi connectivity index (χ1n) is 12.6. The van der Waals surface area contributed by atoms with Gasteiger partial charge in [-0.05, 0) is 90.4 Å². The number of carbonyl (C=O) groups excluding carboxylic acids is 2. The van der Waals surface area contributed by atoms with Gasteiger partial charge in [0.05, 0.1) is 7.11 Å². The van der Waals surface area contributed by atoms with Crippen LogP contribution in [-0.2, 0) is 4.79 Å². The summed E-state index contributed by atoms with van der Waals surface area (Å²) in [6.07, 6.45) is 5.44. The van der Waals surface area contributed by atoms with E-state index < -0.39 is 0 Å². The van der Waals surface area contributed by atoms with Crippen LogP contribution < -0.4 is 15.1 Å². The lowest BCUT2D eigenvalue weighted by Crippen LogP contribution is -2.32. The number of aromatic nitrogens is 1. The number of hydroxylamine groups is 1. The van der Waals surface area contributed by atoms with Gasteiger partial charge in [-0.1, -0.05) is 31.0 Å². The molecule has 192 valence electrons. The fourth-order valence-electron chi connectivity index (χ4n) is 4.56. The summed E-state index contributed by atoms with van der Waals surface area (Å²) in [5.41, 5.74) is 7.54. The highest BCUT2D eigenvalue weighted by Crippen LogP contribution is 2.30. The van der Waals surface area contributed by atoms with Crippen molar-refractivity contribution in [1.82, 2.24) is 10.5 Å². The third kappa shape index (κ3) is 6.37. The Morgan fingerprint density at radius 1 is 0.946 bits per heavy atom. The monoisotopic (exact) mass is 499 g/mol. The van der Waals surface area contributed by atoms with E-state index in [9.17, 15) is 9.59 Å². The number of aryl methyl sites for hydroxylation is 1. The minimum atomic E-state index is -0.373. The number of methoxy groups -OCH3 is 1. The molecule has 0 aliphatic rings. The third-order valence-corrected chi connectivity index (χ3v) is 6.63. The van der Waals surface area contributed by atoms with Crippen molar-refractivity contribution in [1.29, 1.82) is 0 Å². The Labute approximate surface area is 217 Å². The van der Waals surface area contributed by atoms with E-state index >= 15 is 0 Å². The van der Waals surface area contributed by atoms with E-state index in [2.05, 4.69) is 48.3 Å². The molecular formula is C30H33N3O4. The van der Waals surface area contributed by atoms with E-state index in [1.807, 2.05) is 17.2 Å². The second kappa shape index (κ2) is 12.2. The van der Waals surface area contributed by atoms with E-state index in [-0.39, 0.29) is 11.8 Å². The predicted molar refractivity (Wildman–Crippen MR) is 146 cm³/mol. The second-order valence-electron chi connectivity index (χ2n) is 9.16. The SMILES string of the molecule is COc1ccc(C(=O)N(CCCCCCC(=O)NO)c2ccc(-c3ccc4cc[nH]c4c3)c(C)c2)cc1. The van der Waals surface area contributed by atoms with Gasteiger partial charge in [0, 0.05) is 35.9 Å². The molecule has 37 heavy (non-hydrogen) atoms. The van der Waals surface area contributed by atoms with Crippen molar-refractivity contribution in [3.8, 4) is 16.9 Å². The number of hydrogen-bond donors (Lipinski definition) is 3. The van der Waals surface area contributed by atoms with Crippen LogP contribution in [0.2, 0.25) is 0 Å². The summed E-state index contributed by atoms with van der Waals surface area (Å²) in [6, 6.07) is 21.8. The van der Waals surface area contributed by atoms with Crippen molar-refractivity contribution in [3.63, 3.8) is 0 Å². The number of ether oxygens (including phenoxy) is 1. The minimum absolute atomic E-state index is 0.0673. The zero-order chi connectivity index (χ0) is 26.2. The molecule has 1 aromatic heterocycles. The number of fused-ring (bicyclic) bond motifs is 1. The van der Waals surface area contributed by atoms with E-state index in [0.29, 0.717) is 30.7 Å². The zero-order valence-corrected chi connectivity index (χ0v) is 21.3. The van der Waals surface area contributed by atoms with Gasteiger partial charge in [0.25, 0.3) is 5.91 Å². The molecule has 7 nitrogen and oxygen atoms in total. The summed E-state index contributed by atoms with van der Waals surface area (Å²) in [4.78, 5) is 29.9. The fourth-order valence-corrected chi connectivity index (χ4v) is 4.56. The number of carbonyl (C=O) groups is 2. The average Bonchev–Trinajstić information content (AvgIpc) is 3.40. The first-order chi connectivity index (χ1) is 18.0. The molecule has 0 aliphatic heterocycles. The Hall–Kier alpha value is -4.10. The number of amides is 2. The van der Waals surface area contributed by atoms with Gasteiger partial charge >= 0.3 is 0 Å². The normalized spacial score (nSPS) is 10.9. The van der Waals surface area contributed by atoms with Crippen molar-refractivity contribution < 1.29 is 19.5 Å². The highest BCUT2D eigenvalue weighted by Gasteiger charge is 2.19. The summed E-state index contributed by atoms with van der Waals surface area (Å²) in [5.74, 6) is 0.263. The Balaban J connectivity index is 1.54. The highest BCUT2D eigenvalue weighted by atomic mass is 16.5. The van der Waals surface area contributed by atoms with Crippen molar-refractivity contribution in [2.45, 2.75) is 39.0 Å². The number of benzene rings is 3. The number of nitrogens with one attached hydrogen (secondary N) is 2. The highest BCUT2D eigenvalue weighted by molar-refractivity contribution is 6.06. The molecule has 2 amide bonds. The second-order valence-corrected chi connectivity index (χ2v) is 9.16. The van der Waals surface area contributed by atoms with E-state index in [1.54, 1.807) is 36.9 Å². The molecule has 0 fully saturated rings.